The summed E-state index contributed by atoms with van der Waals surface area (Å²) in [5, 5.41) is 0. The number of pyridine rings is 1. The Hall–Kier alpha value is -2.62. The van der Waals surface area contributed by atoms with Crippen molar-refractivity contribution in [3.05, 3.63) is 52.5 Å². The number of imidazole rings is 1. The van der Waals surface area contributed by atoms with Crippen molar-refractivity contribution in [3.63, 3.8) is 0 Å². The number of alkyl halides is 3. The Morgan fingerprint density at radius 1 is 1.16 bits per heavy atom. The first-order valence-electron chi connectivity index (χ1n) is 10.5. The normalized spacial score (nSPS) is 17.2. The Morgan fingerprint density at radius 3 is 2.59 bits per heavy atom. The first-order valence-corrected chi connectivity index (χ1v) is 11.9. The molecule has 10 heteroatoms. The zero-order valence-corrected chi connectivity index (χ0v) is 18.8. The van der Waals surface area contributed by atoms with Gasteiger partial charge in [0.25, 0.3) is 0 Å². The van der Waals surface area contributed by atoms with Crippen molar-refractivity contribution in [2.45, 2.75) is 64.4 Å². The highest BCUT2D eigenvalue weighted by Gasteiger charge is 2.48. The first kappa shape index (κ1) is 22.6. The molecule has 1 atom stereocenters. The number of fused-ring (bicyclic) bond motifs is 2. The van der Waals surface area contributed by atoms with E-state index in [1.807, 2.05) is 26.8 Å². The van der Waals surface area contributed by atoms with E-state index in [-0.39, 0.29) is 11.8 Å². The second-order valence-corrected chi connectivity index (χ2v) is 9.65. The minimum Gasteiger partial charge on any atom is -0.376 e. The number of aromatic nitrogens is 3. The predicted octanol–water partition coefficient (Wildman–Crippen LogP) is 5.15. The number of benzene rings is 1. The lowest BCUT2D eigenvalue weighted by Gasteiger charge is -2.22. The Labute approximate surface area is 184 Å². The fourth-order valence-electron chi connectivity index (χ4n) is 4.42. The number of aryl methyl sites for hydroxylation is 4. The van der Waals surface area contributed by atoms with Crippen LogP contribution in [0.4, 0.5) is 13.2 Å². The lowest BCUT2D eigenvalue weighted by atomic mass is 9.98. The fraction of sp³-hybridized carbons (Fsp3) is 0.455. The van der Waals surface area contributed by atoms with Crippen LogP contribution in [0.15, 0.2) is 24.3 Å². The van der Waals surface area contributed by atoms with Crippen LogP contribution < -0.4 is 4.18 Å². The maximum atomic E-state index is 12.7. The van der Waals surface area contributed by atoms with Crippen molar-refractivity contribution in [1.82, 2.24) is 14.5 Å². The van der Waals surface area contributed by atoms with Gasteiger partial charge in [-0.2, -0.15) is 21.6 Å². The molecule has 0 bridgehead atoms. The van der Waals surface area contributed by atoms with Gasteiger partial charge in [0.05, 0.1) is 6.04 Å². The fourth-order valence-corrected chi connectivity index (χ4v) is 4.88. The van der Waals surface area contributed by atoms with Gasteiger partial charge in [-0.3, -0.25) is 0 Å². The van der Waals surface area contributed by atoms with Crippen LogP contribution in [0.1, 0.15) is 60.4 Å². The standard InChI is InChI=1S/C22H24F3N3O3S/c1-4-19-27-20-13(2)11-14(3)26-21(20)28(19)18-8-6-5-7-15-12-16(9-10-17(15)18)31-32(29,30)22(23,24)25/h9-12,18H,4-8H2,1-3H3. The summed E-state index contributed by atoms with van der Waals surface area (Å²) in [5.41, 5.74) is -0.226. The molecule has 6 nitrogen and oxygen atoms in total. The molecule has 0 spiro atoms. The summed E-state index contributed by atoms with van der Waals surface area (Å²) in [7, 11) is -5.72. The highest BCUT2D eigenvalue weighted by atomic mass is 32.2. The van der Waals surface area contributed by atoms with E-state index < -0.39 is 15.6 Å². The van der Waals surface area contributed by atoms with E-state index >= 15 is 0 Å². The first-order chi connectivity index (χ1) is 15.0. The van der Waals surface area contributed by atoms with Crippen LogP contribution in [-0.2, 0) is 23.0 Å². The third-order valence-corrected chi connectivity index (χ3v) is 6.78. The smallest absolute Gasteiger partial charge is 0.376 e. The molecule has 0 amide bonds. The molecule has 0 radical (unpaired) electrons. The van der Waals surface area contributed by atoms with Crippen LogP contribution in [0.5, 0.6) is 5.75 Å². The summed E-state index contributed by atoms with van der Waals surface area (Å²) in [6.07, 6.45) is 3.88. The van der Waals surface area contributed by atoms with Crippen LogP contribution in [0.3, 0.4) is 0 Å². The molecule has 3 aromatic rings. The average Bonchev–Trinajstić information content (AvgIpc) is 2.93. The molecule has 0 fully saturated rings. The monoisotopic (exact) mass is 467 g/mol. The van der Waals surface area contributed by atoms with Gasteiger partial charge in [0, 0.05) is 12.1 Å². The van der Waals surface area contributed by atoms with Crippen molar-refractivity contribution in [2.24, 2.45) is 0 Å². The van der Waals surface area contributed by atoms with Gasteiger partial charge in [0.2, 0.25) is 0 Å². The van der Waals surface area contributed by atoms with Gasteiger partial charge in [0.15, 0.2) is 5.65 Å². The van der Waals surface area contributed by atoms with Crippen LogP contribution >= 0.6 is 0 Å². The highest BCUT2D eigenvalue weighted by Crippen LogP contribution is 2.38. The molecular formula is C22H24F3N3O3S. The summed E-state index contributed by atoms with van der Waals surface area (Å²) in [5.74, 6) is 0.553. The Kier molecular flexibility index (Phi) is 5.68. The summed E-state index contributed by atoms with van der Waals surface area (Å²) >= 11 is 0. The van der Waals surface area contributed by atoms with Crippen LogP contribution in [0.2, 0.25) is 0 Å². The SMILES string of the molecule is CCc1nc2c(C)cc(C)nc2n1C1CCCCc2cc(OS(=O)(=O)C(F)(F)F)ccc21. The molecule has 32 heavy (non-hydrogen) atoms. The minimum atomic E-state index is -5.72. The Balaban J connectivity index is 1.83. The third kappa shape index (κ3) is 3.96. The van der Waals surface area contributed by atoms with Gasteiger partial charge in [-0.15, -0.1) is 0 Å². The van der Waals surface area contributed by atoms with E-state index in [2.05, 4.69) is 8.75 Å². The van der Waals surface area contributed by atoms with Crippen LogP contribution in [0, 0.1) is 13.8 Å². The minimum absolute atomic E-state index is 0.102. The van der Waals surface area contributed by atoms with Crippen molar-refractivity contribution in [3.8, 4) is 5.75 Å². The molecule has 172 valence electrons. The van der Waals surface area contributed by atoms with Crippen molar-refractivity contribution >= 4 is 21.3 Å². The number of nitrogens with zero attached hydrogens (tertiary/aromatic N) is 3. The van der Waals surface area contributed by atoms with E-state index in [0.29, 0.717) is 12.8 Å². The second kappa shape index (κ2) is 8.06. The number of hydrogen-bond acceptors (Lipinski definition) is 5. The topological polar surface area (TPSA) is 74.1 Å². The molecule has 1 aliphatic carbocycles. The summed E-state index contributed by atoms with van der Waals surface area (Å²) in [4.78, 5) is 9.56. The van der Waals surface area contributed by atoms with Gasteiger partial charge in [-0.05, 0) is 68.0 Å². The van der Waals surface area contributed by atoms with Crippen molar-refractivity contribution < 1.29 is 25.8 Å². The number of halogens is 3. The predicted molar refractivity (Wildman–Crippen MR) is 114 cm³/mol. The lowest BCUT2D eigenvalue weighted by molar-refractivity contribution is -0.0500. The van der Waals surface area contributed by atoms with E-state index in [9.17, 15) is 21.6 Å². The van der Waals surface area contributed by atoms with Gasteiger partial charge < -0.3 is 8.75 Å². The molecule has 0 N–H and O–H groups in total. The van der Waals surface area contributed by atoms with Crippen LogP contribution in [0.25, 0.3) is 11.2 Å². The van der Waals surface area contributed by atoms with Gasteiger partial charge in [-0.25, -0.2) is 9.97 Å². The molecule has 0 aliphatic heterocycles. The Morgan fingerprint density at radius 2 is 1.91 bits per heavy atom. The van der Waals surface area contributed by atoms with E-state index in [0.717, 1.165) is 58.6 Å². The zero-order chi connectivity index (χ0) is 23.3. The second-order valence-electron chi connectivity index (χ2n) is 8.11. The van der Waals surface area contributed by atoms with Gasteiger partial charge >= 0.3 is 15.6 Å². The van der Waals surface area contributed by atoms with Gasteiger partial charge in [0.1, 0.15) is 17.1 Å². The largest absolute Gasteiger partial charge is 0.534 e. The Bertz CT molecular complexity index is 1280. The number of rotatable bonds is 4. The van der Waals surface area contributed by atoms with Gasteiger partial charge in [-0.1, -0.05) is 19.4 Å². The molecular weight excluding hydrogens is 443 g/mol. The molecule has 2 aromatic heterocycles. The highest BCUT2D eigenvalue weighted by molar-refractivity contribution is 7.88. The molecule has 1 aromatic carbocycles. The van der Waals surface area contributed by atoms with Crippen molar-refractivity contribution in [2.75, 3.05) is 0 Å². The molecule has 0 saturated carbocycles. The van der Waals surface area contributed by atoms with Crippen LogP contribution in [-0.4, -0.2) is 28.5 Å². The number of hydrogen-bond donors (Lipinski definition) is 0. The zero-order valence-electron chi connectivity index (χ0n) is 18.0. The molecule has 1 unspecified atom stereocenters. The molecule has 0 saturated heterocycles. The van der Waals surface area contributed by atoms with E-state index in [4.69, 9.17) is 9.97 Å². The summed E-state index contributed by atoms with van der Waals surface area (Å²) in [6, 6.07) is 6.25. The third-order valence-electron chi connectivity index (χ3n) is 5.80. The maximum Gasteiger partial charge on any atom is 0.534 e. The maximum absolute atomic E-state index is 12.7. The van der Waals surface area contributed by atoms with Crippen molar-refractivity contribution in [1.29, 1.82) is 0 Å². The molecule has 4 rings (SSSR count). The lowest BCUT2D eigenvalue weighted by Crippen LogP contribution is -2.28. The van der Waals surface area contributed by atoms with E-state index in [1.54, 1.807) is 6.07 Å². The molecule has 2 heterocycles. The average molecular weight is 468 g/mol. The quantitative estimate of drug-likeness (QED) is 0.301. The summed E-state index contributed by atoms with van der Waals surface area (Å²) in [6.45, 7) is 5.96. The summed E-state index contributed by atoms with van der Waals surface area (Å²) < 4.78 is 67.6. The molecule has 1 aliphatic rings. The van der Waals surface area contributed by atoms with E-state index in [1.165, 1.54) is 12.1 Å².